The Hall–Kier alpha value is -0.850. The van der Waals surface area contributed by atoms with E-state index in [0.717, 1.165) is 17.8 Å². The molecule has 0 aromatic rings. The lowest BCUT2D eigenvalue weighted by Gasteiger charge is -1.92. The van der Waals surface area contributed by atoms with Crippen molar-refractivity contribution in [3.05, 3.63) is 23.9 Å². The molecule has 76 valence electrons. The van der Waals surface area contributed by atoms with Gasteiger partial charge in [0.05, 0.1) is 0 Å². The van der Waals surface area contributed by atoms with Crippen LogP contribution in [-0.2, 0) is 0 Å². The molecule has 0 saturated heterocycles. The molecule has 0 fully saturated rings. The monoisotopic (exact) mass is 181 g/mol. The van der Waals surface area contributed by atoms with Gasteiger partial charge in [0.2, 0.25) is 0 Å². The van der Waals surface area contributed by atoms with Gasteiger partial charge in [-0.2, -0.15) is 0 Å². The van der Waals surface area contributed by atoms with Gasteiger partial charge in [-0.25, -0.2) is 0 Å². The standard InChI is InChI=1S/C10H17N.C2H6/c1-5-7-8-10(4)11-9(3)6-2;1-2/h6-8H,5H2,1-4H3;1-2H3/b8-7+,9-6-,11-10+;. The maximum absolute atomic E-state index is 4.32. The first-order valence-electron chi connectivity index (χ1n) is 5.05. The van der Waals surface area contributed by atoms with Crippen molar-refractivity contribution in [3.63, 3.8) is 0 Å². The van der Waals surface area contributed by atoms with Gasteiger partial charge in [-0.15, -0.1) is 0 Å². The van der Waals surface area contributed by atoms with E-state index in [-0.39, 0.29) is 0 Å². The Morgan fingerprint density at radius 3 is 2.15 bits per heavy atom. The Bertz CT molecular complexity index is 185. The van der Waals surface area contributed by atoms with E-state index in [2.05, 4.69) is 18.0 Å². The summed E-state index contributed by atoms with van der Waals surface area (Å²) in [6.07, 6.45) is 7.24. The van der Waals surface area contributed by atoms with Crippen molar-refractivity contribution in [3.8, 4) is 0 Å². The van der Waals surface area contributed by atoms with E-state index >= 15 is 0 Å². The van der Waals surface area contributed by atoms with E-state index in [1.807, 2.05) is 46.8 Å². The minimum absolute atomic E-state index is 1.07. The highest BCUT2D eigenvalue weighted by molar-refractivity contribution is 5.93. The normalized spacial score (nSPS) is 12.8. The molecule has 0 rings (SSSR count). The van der Waals surface area contributed by atoms with Crippen LogP contribution < -0.4 is 0 Å². The summed E-state index contributed by atoms with van der Waals surface area (Å²) < 4.78 is 0. The second-order valence-electron chi connectivity index (χ2n) is 2.49. The van der Waals surface area contributed by atoms with E-state index < -0.39 is 0 Å². The van der Waals surface area contributed by atoms with Crippen molar-refractivity contribution in [2.45, 2.75) is 48.0 Å². The Morgan fingerprint density at radius 1 is 1.23 bits per heavy atom. The van der Waals surface area contributed by atoms with Gasteiger partial charge in [0, 0.05) is 11.4 Å². The van der Waals surface area contributed by atoms with Gasteiger partial charge in [0.15, 0.2) is 0 Å². The fraction of sp³-hybridized carbons (Fsp3) is 0.583. The van der Waals surface area contributed by atoms with Crippen molar-refractivity contribution in [2.24, 2.45) is 4.99 Å². The highest BCUT2D eigenvalue weighted by Crippen LogP contribution is 1.95. The van der Waals surface area contributed by atoms with Crippen LogP contribution in [0.5, 0.6) is 0 Å². The summed E-state index contributed by atoms with van der Waals surface area (Å²) in [7, 11) is 0. The van der Waals surface area contributed by atoms with E-state index in [9.17, 15) is 0 Å². The predicted octanol–water partition coefficient (Wildman–Crippen LogP) is 4.36. The van der Waals surface area contributed by atoms with Gasteiger partial charge in [-0.05, 0) is 33.3 Å². The van der Waals surface area contributed by atoms with Crippen molar-refractivity contribution < 1.29 is 0 Å². The molecule has 0 atom stereocenters. The number of nitrogens with zero attached hydrogens (tertiary/aromatic N) is 1. The van der Waals surface area contributed by atoms with E-state index in [1.165, 1.54) is 0 Å². The maximum Gasteiger partial charge on any atom is 0.0372 e. The maximum atomic E-state index is 4.32. The van der Waals surface area contributed by atoms with Crippen molar-refractivity contribution >= 4 is 5.71 Å². The molecule has 0 aliphatic carbocycles. The molecule has 0 amide bonds. The third-order valence-corrected chi connectivity index (χ3v) is 1.37. The molecule has 0 N–H and O–H groups in total. The smallest absolute Gasteiger partial charge is 0.0372 e. The second kappa shape index (κ2) is 11.2. The van der Waals surface area contributed by atoms with E-state index in [0.29, 0.717) is 0 Å². The molecule has 0 saturated carbocycles. The number of hydrogen-bond donors (Lipinski definition) is 0. The van der Waals surface area contributed by atoms with Crippen LogP contribution in [0, 0.1) is 0 Å². The van der Waals surface area contributed by atoms with Gasteiger partial charge in [0.25, 0.3) is 0 Å². The highest BCUT2D eigenvalue weighted by atomic mass is 14.7. The fourth-order valence-electron chi connectivity index (χ4n) is 0.668. The molecule has 0 aromatic carbocycles. The molecule has 1 nitrogen and oxygen atoms in total. The first-order chi connectivity index (χ1) is 6.20. The van der Waals surface area contributed by atoms with Crippen LogP contribution in [0.25, 0.3) is 0 Å². The number of rotatable bonds is 3. The summed E-state index contributed by atoms with van der Waals surface area (Å²) in [6, 6.07) is 0. The summed E-state index contributed by atoms with van der Waals surface area (Å²) in [6.45, 7) is 12.1. The minimum atomic E-state index is 1.07. The van der Waals surface area contributed by atoms with Crippen molar-refractivity contribution in [1.29, 1.82) is 0 Å². The number of hydrogen-bond acceptors (Lipinski definition) is 1. The molecule has 0 radical (unpaired) electrons. The highest BCUT2D eigenvalue weighted by Gasteiger charge is 1.82. The molecular formula is C12H23N. The van der Waals surface area contributed by atoms with Crippen molar-refractivity contribution in [1.82, 2.24) is 0 Å². The predicted molar refractivity (Wildman–Crippen MR) is 63.3 cm³/mol. The molecule has 13 heavy (non-hydrogen) atoms. The molecule has 0 bridgehead atoms. The van der Waals surface area contributed by atoms with Gasteiger partial charge >= 0.3 is 0 Å². The van der Waals surface area contributed by atoms with Gasteiger partial charge < -0.3 is 0 Å². The molecule has 0 unspecified atom stereocenters. The second-order valence-corrected chi connectivity index (χ2v) is 2.49. The van der Waals surface area contributed by atoms with Crippen LogP contribution in [-0.4, -0.2) is 5.71 Å². The van der Waals surface area contributed by atoms with E-state index in [1.54, 1.807) is 0 Å². The lowest BCUT2D eigenvalue weighted by molar-refractivity contribution is 1.22. The Kier molecular flexibility index (Phi) is 12.6. The third-order valence-electron chi connectivity index (χ3n) is 1.37. The molecular weight excluding hydrogens is 158 g/mol. The van der Waals surface area contributed by atoms with Crippen LogP contribution in [0.15, 0.2) is 28.9 Å². The molecule has 0 aromatic heterocycles. The zero-order chi connectivity index (χ0) is 10.7. The molecule has 1 heteroatoms. The van der Waals surface area contributed by atoms with Crippen LogP contribution in [0.2, 0.25) is 0 Å². The lowest BCUT2D eigenvalue weighted by atomic mass is 10.3. The van der Waals surface area contributed by atoms with Crippen LogP contribution in [0.4, 0.5) is 0 Å². The zero-order valence-corrected chi connectivity index (χ0v) is 9.89. The fourth-order valence-corrected chi connectivity index (χ4v) is 0.668. The van der Waals surface area contributed by atoms with Crippen LogP contribution in [0.3, 0.4) is 0 Å². The average molecular weight is 181 g/mol. The van der Waals surface area contributed by atoms with Crippen LogP contribution in [0.1, 0.15) is 48.0 Å². The van der Waals surface area contributed by atoms with Gasteiger partial charge in [0.1, 0.15) is 0 Å². The average Bonchev–Trinajstić information content (AvgIpc) is 2.17. The summed E-state index contributed by atoms with van der Waals surface area (Å²) in [5, 5.41) is 0. The van der Waals surface area contributed by atoms with Gasteiger partial charge in [-0.1, -0.05) is 32.9 Å². The Balaban J connectivity index is 0. The zero-order valence-electron chi connectivity index (χ0n) is 9.89. The number of allylic oxidation sites excluding steroid dienone is 4. The quantitative estimate of drug-likeness (QED) is 0.573. The summed E-state index contributed by atoms with van der Waals surface area (Å²) in [5.41, 5.74) is 2.14. The lowest BCUT2D eigenvalue weighted by Crippen LogP contribution is -1.84. The topological polar surface area (TPSA) is 12.4 Å². The SMILES string of the molecule is CC.C\C=C(C)/N=C(C)/C=C/CC. The summed E-state index contributed by atoms with van der Waals surface area (Å²) in [5.74, 6) is 0. The van der Waals surface area contributed by atoms with E-state index in [4.69, 9.17) is 0 Å². The molecule has 0 heterocycles. The van der Waals surface area contributed by atoms with Gasteiger partial charge in [-0.3, -0.25) is 4.99 Å². The van der Waals surface area contributed by atoms with Crippen molar-refractivity contribution in [2.75, 3.05) is 0 Å². The largest absolute Gasteiger partial charge is 0.259 e. The molecule has 0 aliphatic heterocycles. The first kappa shape index (κ1) is 14.7. The summed E-state index contributed by atoms with van der Waals surface area (Å²) in [4.78, 5) is 4.32. The number of aliphatic imine (C=N–C) groups is 1. The van der Waals surface area contributed by atoms with Crippen LogP contribution >= 0.6 is 0 Å². The Morgan fingerprint density at radius 2 is 1.77 bits per heavy atom. The Labute approximate surface area is 83.3 Å². The molecule has 0 aliphatic rings. The summed E-state index contributed by atoms with van der Waals surface area (Å²) >= 11 is 0. The first-order valence-corrected chi connectivity index (χ1v) is 5.05. The molecule has 0 spiro atoms. The third kappa shape index (κ3) is 11.1. The minimum Gasteiger partial charge on any atom is -0.259 e.